The minimum absolute atomic E-state index is 0.574. The maximum Gasteiger partial charge on any atom is 0.0630 e. The molecule has 3 nitrogen and oxygen atoms in total. The summed E-state index contributed by atoms with van der Waals surface area (Å²) in [7, 11) is 1.84. The zero-order valence-corrected chi connectivity index (χ0v) is 12.9. The number of nitrogens with zero attached hydrogens (tertiary/aromatic N) is 1. The predicted octanol–water partition coefficient (Wildman–Crippen LogP) is 2.66. The Morgan fingerprint density at radius 1 is 1.21 bits per heavy atom. The summed E-state index contributed by atoms with van der Waals surface area (Å²) in [6, 6.07) is 1.41. The van der Waals surface area contributed by atoms with E-state index in [1.54, 1.807) is 0 Å². The van der Waals surface area contributed by atoms with Gasteiger partial charge in [0.1, 0.15) is 0 Å². The van der Waals surface area contributed by atoms with Gasteiger partial charge in [0.15, 0.2) is 0 Å². The van der Waals surface area contributed by atoms with Crippen LogP contribution in [0.2, 0.25) is 0 Å². The second-order valence-electron chi connectivity index (χ2n) is 6.31. The first-order chi connectivity index (χ1) is 9.36. The van der Waals surface area contributed by atoms with Crippen molar-refractivity contribution in [2.24, 2.45) is 5.92 Å². The van der Waals surface area contributed by atoms with Gasteiger partial charge in [-0.3, -0.25) is 4.90 Å². The number of nitrogens with one attached hydrogen (secondary N) is 1. The quantitative estimate of drug-likeness (QED) is 0.685. The zero-order valence-electron chi connectivity index (χ0n) is 12.9. The van der Waals surface area contributed by atoms with Gasteiger partial charge >= 0.3 is 0 Å². The van der Waals surface area contributed by atoms with Crippen molar-refractivity contribution in [2.75, 3.05) is 33.4 Å². The number of methoxy groups -OCH3 is 1. The van der Waals surface area contributed by atoms with E-state index < -0.39 is 0 Å². The monoisotopic (exact) mass is 268 g/mol. The van der Waals surface area contributed by atoms with E-state index in [9.17, 15) is 0 Å². The average Bonchev–Trinajstić information content (AvgIpc) is 3.08. The first-order valence-corrected chi connectivity index (χ1v) is 8.32. The summed E-state index contributed by atoms with van der Waals surface area (Å²) in [6.45, 7) is 6.60. The van der Waals surface area contributed by atoms with Crippen molar-refractivity contribution in [3.63, 3.8) is 0 Å². The highest BCUT2D eigenvalue weighted by molar-refractivity contribution is 4.91. The number of hydrogen-bond acceptors (Lipinski definition) is 3. The fourth-order valence-corrected chi connectivity index (χ4v) is 4.03. The Morgan fingerprint density at radius 2 is 2.00 bits per heavy atom. The van der Waals surface area contributed by atoms with E-state index in [1.807, 2.05) is 7.11 Å². The zero-order chi connectivity index (χ0) is 13.5. The summed E-state index contributed by atoms with van der Waals surface area (Å²) in [5.41, 5.74) is 0. The van der Waals surface area contributed by atoms with Gasteiger partial charge in [-0.25, -0.2) is 0 Å². The molecule has 1 N–H and O–H groups in total. The Balaban J connectivity index is 1.89. The van der Waals surface area contributed by atoms with Gasteiger partial charge in [-0.2, -0.15) is 0 Å². The number of rotatable bonds is 8. The molecule has 2 fully saturated rings. The summed E-state index contributed by atoms with van der Waals surface area (Å²) in [4.78, 5) is 2.77. The molecule has 0 aromatic heterocycles. The van der Waals surface area contributed by atoms with Gasteiger partial charge < -0.3 is 10.1 Å². The second-order valence-corrected chi connectivity index (χ2v) is 6.31. The van der Waals surface area contributed by atoms with Crippen LogP contribution in [0.4, 0.5) is 0 Å². The Bertz CT molecular complexity index is 241. The van der Waals surface area contributed by atoms with Crippen molar-refractivity contribution in [3.05, 3.63) is 0 Å². The minimum Gasteiger partial charge on any atom is -0.383 e. The largest absolute Gasteiger partial charge is 0.383 e. The lowest BCUT2D eigenvalue weighted by atomic mass is 9.95. The van der Waals surface area contributed by atoms with Gasteiger partial charge in [0, 0.05) is 25.7 Å². The van der Waals surface area contributed by atoms with Crippen LogP contribution in [0.1, 0.15) is 51.9 Å². The van der Waals surface area contributed by atoms with E-state index >= 15 is 0 Å². The van der Waals surface area contributed by atoms with Crippen LogP contribution in [0.15, 0.2) is 0 Å². The molecule has 1 aliphatic carbocycles. The molecular formula is C16H32N2O. The summed E-state index contributed by atoms with van der Waals surface area (Å²) in [5, 5.41) is 3.59. The van der Waals surface area contributed by atoms with Crippen LogP contribution >= 0.6 is 0 Å². The predicted molar refractivity (Wildman–Crippen MR) is 80.5 cm³/mol. The van der Waals surface area contributed by atoms with Gasteiger partial charge in [-0.15, -0.1) is 0 Å². The first-order valence-electron chi connectivity index (χ1n) is 8.32. The molecule has 0 bridgehead atoms. The standard InChI is InChI=1S/C16H32N2O/c1-3-10-17-12-15(13-19-2)18-11-6-9-16(18)14-7-4-5-8-14/h14-17H,3-13H2,1-2H3. The topological polar surface area (TPSA) is 24.5 Å². The number of likely N-dealkylation sites (tertiary alicyclic amines) is 1. The van der Waals surface area contributed by atoms with Crippen LogP contribution in [0.25, 0.3) is 0 Å². The highest BCUT2D eigenvalue weighted by atomic mass is 16.5. The van der Waals surface area contributed by atoms with Crippen LogP contribution in [0, 0.1) is 5.92 Å². The van der Waals surface area contributed by atoms with Crippen molar-refractivity contribution < 1.29 is 4.74 Å². The Morgan fingerprint density at radius 3 is 2.68 bits per heavy atom. The molecule has 1 heterocycles. The van der Waals surface area contributed by atoms with Gasteiger partial charge in [0.05, 0.1) is 6.61 Å². The molecule has 1 aliphatic heterocycles. The summed E-state index contributed by atoms with van der Waals surface area (Å²) >= 11 is 0. The molecule has 0 spiro atoms. The molecule has 0 radical (unpaired) electrons. The van der Waals surface area contributed by atoms with E-state index in [-0.39, 0.29) is 0 Å². The summed E-state index contributed by atoms with van der Waals surface area (Å²) in [6.07, 6.45) is 9.85. The maximum absolute atomic E-state index is 5.48. The molecule has 0 aromatic carbocycles. The lowest BCUT2D eigenvalue weighted by molar-refractivity contribution is 0.0640. The van der Waals surface area contributed by atoms with Gasteiger partial charge in [-0.05, 0) is 51.1 Å². The van der Waals surface area contributed by atoms with Crippen LogP contribution in [0.3, 0.4) is 0 Å². The molecule has 2 rings (SSSR count). The van der Waals surface area contributed by atoms with Gasteiger partial charge in [0.25, 0.3) is 0 Å². The third-order valence-corrected chi connectivity index (χ3v) is 4.92. The van der Waals surface area contributed by atoms with E-state index in [0.29, 0.717) is 6.04 Å². The normalized spacial score (nSPS) is 27.2. The molecule has 2 unspecified atom stereocenters. The highest BCUT2D eigenvalue weighted by Gasteiger charge is 2.36. The van der Waals surface area contributed by atoms with Crippen molar-refractivity contribution in [3.8, 4) is 0 Å². The van der Waals surface area contributed by atoms with Crippen LogP contribution in [-0.4, -0.2) is 50.3 Å². The number of ether oxygens (including phenoxy) is 1. The van der Waals surface area contributed by atoms with Crippen molar-refractivity contribution in [1.82, 2.24) is 10.2 Å². The second kappa shape index (κ2) is 8.23. The fraction of sp³-hybridized carbons (Fsp3) is 1.00. The molecule has 0 amide bonds. The lowest BCUT2D eigenvalue weighted by Crippen LogP contribution is -2.49. The molecule has 0 aromatic rings. The molecule has 112 valence electrons. The van der Waals surface area contributed by atoms with Crippen molar-refractivity contribution >= 4 is 0 Å². The molecule has 2 atom stereocenters. The molecular weight excluding hydrogens is 236 g/mol. The summed E-state index contributed by atoms with van der Waals surface area (Å²) < 4.78 is 5.48. The van der Waals surface area contributed by atoms with Crippen LogP contribution in [-0.2, 0) is 4.74 Å². The molecule has 1 saturated carbocycles. The summed E-state index contributed by atoms with van der Waals surface area (Å²) in [5.74, 6) is 0.966. The molecule has 2 aliphatic rings. The smallest absolute Gasteiger partial charge is 0.0630 e. The molecule has 19 heavy (non-hydrogen) atoms. The lowest BCUT2D eigenvalue weighted by Gasteiger charge is -2.36. The third kappa shape index (κ3) is 4.17. The SMILES string of the molecule is CCCNCC(COC)N1CCCC1C1CCCC1. The molecule has 1 saturated heterocycles. The fourth-order valence-electron chi connectivity index (χ4n) is 4.03. The van der Waals surface area contributed by atoms with Crippen LogP contribution in [0.5, 0.6) is 0 Å². The Hall–Kier alpha value is -0.120. The van der Waals surface area contributed by atoms with E-state index in [2.05, 4.69) is 17.1 Å². The minimum atomic E-state index is 0.574. The van der Waals surface area contributed by atoms with Gasteiger partial charge in [-0.1, -0.05) is 19.8 Å². The van der Waals surface area contributed by atoms with Gasteiger partial charge in [0.2, 0.25) is 0 Å². The van der Waals surface area contributed by atoms with E-state index in [1.165, 1.54) is 51.5 Å². The maximum atomic E-state index is 5.48. The average molecular weight is 268 g/mol. The van der Waals surface area contributed by atoms with E-state index in [0.717, 1.165) is 31.7 Å². The number of hydrogen-bond donors (Lipinski definition) is 1. The van der Waals surface area contributed by atoms with Crippen molar-refractivity contribution in [1.29, 1.82) is 0 Å². The third-order valence-electron chi connectivity index (χ3n) is 4.92. The Labute approximate surface area is 119 Å². The van der Waals surface area contributed by atoms with E-state index in [4.69, 9.17) is 4.74 Å². The first kappa shape index (κ1) is 15.3. The Kier molecular flexibility index (Phi) is 6.62. The molecule has 3 heteroatoms. The van der Waals surface area contributed by atoms with Crippen LogP contribution < -0.4 is 5.32 Å². The highest BCUT2D eigenvalue weighted by Crippen LogP contribution is 2.36. The van der Waals surface area contributed by atoms with Crippen molar-refractivity contribution in [2.45, 2.75) is 64.0 Å².